The Balaban J connectivity index is 2.14. The first kappa shape index (κ1) is 13.2. The van der Waals surface area contributed by atoms with Crippen LogP contribution in [0, 0.1) is 0 Å². The summed E-state index contributed by atoms with van der Waals surface area (Å²) in [6.07, 6.45) is 6.87. The fraction of sp³-hybridized carbons (Fsp3) is 0.769. The average Bonchev–Trinajstić information content (AvgIpc) is 2.30. The van der Waals surface area contributed by atoms with Crippen molar-refractivity contribution in [1.82, 2.24) is 10.2 Å². The molecule has 3 heteroatoms. The van der Waals surface area contributed by atoms with Crippen LogP contribution in [-0.4, -0.2) is 37.0 Å². The van der Waals surface area contributed by atoms with Gasteiger partial charge in [-0.25, -0.2) is 0 Å². The highest BCUT2D eigenvalue weighted by Crippen LogP contribution is 2.07. The Morgan fingerprint density at radius 3 is 2.62 bits per heavy atom. The van der Waals surface area contributed by atoms with Gasteiger partial charge < -0.3 is 10.2 Å². The zero-order valence-electron chi connectivity index (χ0n) is 10.6. The molecule has 0 atom stereocenters. The molecule has 0 bridgehead atoms. The van der Waals surface area contributed by atoms with Crippen molar-refractivity contribution < 1.29 is 4.79 Å². The van der Waals surface area contributed by atoms with Gasteiger partial charge >= 0.3 is 0 Å². The van der Waals surface area contributed by atoms with E-state index in [2.05, 4.69) is 10.2 Å². The predicted octanol–water partition coefficient (Wildman–Crippen LogP) is 1.94. The minimum absolute atomic E-state index is 0.0823. The second-order valence-corrected chi connectivity index (χ2v) is 4.45. The van der Waals surface area contributed by atoms with Crippen molar-refractivity contribution in [2.24, 2.45) is 0 Å². The Morgan fingerprint density at radius 1 is 1.31 bits per heavy atom. The van der Waals surface area contributed by atoms with E-state index in [1.165, 1.54) is 32.4 Å². The molecule has 92 valence electrons. The van der Waals surface area contributed by atoms with Crippen LogP contribution in [0.15, 0.2) is 11.6 Å². The maximum absolute atomic E-state index is 11.6. The number of amides is 1. The molecule has 0 spiro atoms. The van der Waals surface area contributed by atoms with Crippen LogP contribution in [0.25, 0.3) is 0 Å². The molecule has 1 amide bonds. The molecule has 3 nitrogen and oxygen atoms in total. The molecule has 1 aliphatic heterocycles. The minimum atomic E-state index is 0.0823. The predicted molar refractivity (Wildman–Crippen MR) is 67.3 cm³/mol. The van der Waals surface area contributed by atoms with Crippen molar-refractivity contribution in [3.8, 4) is 0 Å². The second kappa shape index (κ2) is 7.44. The van der Waals surface area contributed by atoms with Gasteiger partial charge in [0, 0.05) is 18.7 Å². The SMILES string of the molecule is CC/C=C(\C)C(=O)NCCN1CCCCC1. The summed E-state index contributed by atoms with van der Waals surface area (Å²) in [5.74, 6) is 0.0823. The Kier molecular flexibility index (Phi) is 6.16. The number of allylic oxidation sites excluding steroid dienone is 1. The van der Waals surface area contributed by atoms with E-state index in [0.29, 0.717) is 0 Å². The summed E-state index contributed by atoms with van der Waals surface area (Å²) in [6.45, 7) is 8.07. The number of likely N-dealkylation sites (tertiary alicyclic amines) is 1. The van der Waals surface area contributed by atoms with E-state index in [4.69, 9.17) is 0 Å². The Labute approximate surface area is 98.9 Å². The van der Waals surface area contributed by atoms with Crippen LogP contribution in [-0.2, 0) is 4.79 Å². The minimum Gasteiger partial charge on any atom is -0.351 e. The van der Waals surface area contributed by atoms with Gasteiger partial charge in [0.25, 0.3) is 0 Å². The lowest BCUT2D eigenvalue weighted by molar-refractivity contribution is -0.117. The largest absolute Gasteiger partial charge is 0.351 e. The second-order valence-electron chi connectivity index (χ2n) is 4.45. The van der Waals surface area contributed by atoms with Crippen molar-refractivity contribution >= 4 is 5.91 Å². The first-order valence-electron chi connectivity index (χ1n) is 6.41. The van der Waals surface area contributed by atoms with Gasteiger partial charge in [0.1, 0.15) is 0 Å². The summed E-state index contributed by atoms with van der Waals surface area (Å²) >= 11 is 0. The molecule has 1 fully saturated rings. The van der Waals surface area contributed by atoms with Crippen LogP contribution in [0.5, 0.6) is 0 Å². The van der Waals surface area contributed by atoms with Crippen molar-refractivity contribution in [2.45, 2.75) is 39.5 Å². The Morgan fingerprint density at radius 2 is 2.00 bits per heavy atom. The van der Waals surface area contributed by atoms with Crippen LogP contribution in [0.2, 0.25) is 0 Å². The zero-order valence-corrected chi connectivity index (χ0v) is 10.6. The van der Waals surface area contributed by atoms with Gasteiger partial charge in [-0.2, -0.15) is 0 Å². The van der Waals surface area contributed by atoms with Gasteiger partial charge in [-0.05, 0) is 39.3 Å². The molecule has 0 saturated carbocycles. The maximum Gasteiger partial charge on any atom is 0.246 e. The lowest BCUT2D eigenvalue weighted by Crippen LogP contribution is -2.37. The molecule has 1 N–H and O–H groups in total. The third-order valence-electron chi connectivity index (χ3n) is 3.03. The number of carbonyl (C=O) groups excluding carboxylic acids is 1. The molecule has 0 radical (unpaired) electrons. The molecule has 16 heavy (non-hydrogen) atoms. The molecule has 1 saturated heterocycles. The molecule has 1 heterocycles. The lowest BCUT2D eigenvalue weighted by atomic mass is 10.1. The molecule has 0 aromatic rings. The fourth-order valence-electron chi connectivity index (χ4n) is 2.05. The monoisotopic (exact) mass is 224 g/mol. The van der Waals surface area contributed by atoms with E-state index in [1.807, 2.05) is 19.9 Å². The van der Waals surface area contributed by atoms with E-state index < -0.39 is 0 Å². The van der Waals surface area contributed by atoms with Crippen molar-refractivity contribution in [3.05, 3.63) is 11.6 Å². The van der Waals surface area contributed by atoms with Crippen LogP contribution in [0.4, 0.5) is 0 Å². The summed E-state index contributed by atoms with van der Waals surface area (Å²) in [7, 11) is 0. The molecular formula is C13H24N2O. The van der Waals surface area contributed by atoms with Crippen LogP contribution >= 0.6 is 0 Å². The van der Waals surface area contributed by atoms with Crippen molar-refractivity contribution in [1.29, 1.82) is 0 Å². The molecule has 0 aromatic heterocycles. The quantitative estimate of drug-likeness (QED) is 0.724. The van der Waals surface area contributed by atoms with Gasteiger partial charge in [-0.15, -0.1) is 0 Å². The van der Waals surface area contributed by atoms with Crippen molar-refractivity contribution in [2.75, 3.05) is 26.2 Å². The molecule has 0 aromatic carbocycles. The highest BCUT2D eigenvalue weighted by atomic mass is 16.1. The number of nitrogens with one attached hydrogen (secondary N) is 1. The highest BCUT2D eigenvalue weighted by molar-refractivity contribution is 5.92. The Bertz CT molecular complexity index is 242. The lowest BCUT2D eigenvalue weighted by Gasteiger charge is -2.26. The molecular weight excluding hydrogens is 200 g/mol. The molecule has 1 aliphatic rings. The normalized spacial score (nSPS) is 18.5. The first-order chi connectivity index (χ1) is 7.74. The number of nitrogens with zero attached hydrogens (tertiary/aromatic N) is 1. The summed E-state index contributed by atoms with van der Waals surface area (Å²) in [5, 5.41) is 2.97. The number of carbonyl (C=O) groups is 1. The maximum atomic E-state index is 11.6. The third-order valence-corrected chi connectivity index (χ3v) is 3.03. The molecule has 1 rings (SSSR count). The van der Waals surface area contributed by atoms with Crippen LogP contribution in [0.1, 0.15) is 39.5 Å². The van der Waals surface area contributed by atoms with Gasteiger partial charge in [-0.3, -0.25) is 4.79 Å². The van der Waals surface area contributed by atoms with E-state index in [-0.39, 0.29) is 5.91 Å². The highest BCUT2D eigenvalue weighted by Gasteiger charge is 2.10. The van der Waals surface area contributed by atoms with Gasteiger partial charge in [0.15, 0.2) is 0 Å². The van der Waals surface area contributed by atoms with E-state index >= 15 is 0 Å². The summed E-state index contributed by atoms with van der Waals surface area (Å²) < 4.78 is 0. The van der Waals surface area contributed by atoms with Crippen LogP contribution in [0.3, 0.4) is 0 Å². The van der Waals surface area contributed by atoms with E-state index in [9.17, 15) is 4.79 Å². The summed E-state index contributed by atoms with van der Waals surface area (Å²) in [4.78, 5) is 14.0. The summed E-state index contributed by atoms with van der Waals surface area (Å²) in [6, 6.07) is 0. The van der Waals surface area contributed by atoms with E-state index in [0.717, 1.165) is 25.1 Å². The fourth-order valence-corrected chi connectivity index (χ4v) is 2.05. The van der Waals surface area contributed by atoms with Gasteiger partial charge in [0.05, 0.1) is 0 Å². The van der Waals surface area contributed by atoms with Gasteiger partial charge in [0.2, 0.25) is 5.91 Å². The Hall–Kier alpha value is -0.830. The van der Waals surface area contributed by atoms with E-state index in [1.54, 1.807) is 0 Å². The van der Waals surface area contributed by atoms with Crippen LogP contribution < -0.4 is 5.32 Å². The number of hydrogen-bond donors (Lipinski definition) is 1. The number of rotatable bonds is 5. The summed E-state index contributed by atoms with van der Waals surface area (Å²) in [5.41, 5.74) is 0.834. The number of hydrogen-bond acceptors (Lipinski definition) is 2. The third kappa shape index (κ3) is 4.79. The number of piperidine rings is 1. The smallest absolute Gasteiger partial charge is 0.246 e. The van der Waals surface area contributed by atoms with Gasteiger partial charge in [-0.1, -0.05) is 19.4 Å². The first-order valence-corrected chi connectivity index (χ1v) is 6.41. The standard InChI is InChI=1S/C13H24N2O/c1-3-7-12(2)13(16)14-8-11-15-9-5-4-6-10-15/h7H,3-6,8-11H2,1-2H3,(H,14,16)/b12-7+. The zero-order chi connectivity index (χ0) is 11.8. The average molecular weight is 224 g/mol. The molecule has 0 aliphatic carbocycles. The van der Waals surface area contributed by atoms with Crippen molar-refractivity contribution in [3.63, 3.8) is 0 Å². The molecule has 0 unspecified atom stereocenters. The topological polar surface area (TPSA) is 32.3 Å².